The first-order chi connectivity index (χ1) is 6.16. The second-order valence-corrected chi connectivity index (χ2v) is 5.43. The molecule has 2 aromatic rings. The van der Waals surface area contributed by atoms with Crippen LogP contribution in [0, 0.1) is 6.92 Å². The van der Waals surface area contributed by atoms with Crippen LogP contribution in [-0.4, -0.2) is 15.4 Å². The molecule has 0 saturated carbocycles. The summed E-state index contributed by atoms with van der Waals surface area (Å²) < 4.78 is 12.3. The van der Waals surface area contributed by atoms with Crippen molar-refractivity contribution in [3.63, 3.8) is 0 Å². The summed E-state index contributed by atoms with van der Waals surface area (Å²) in [4.78, 5) is 5.20. The third kappa shape index (κ3) is 1.64. The third-order valence-electron chi connectivity index (χ3n) is 1.80. The van der Waals surface area contributed by atoms with Crippen LogP contribution in [0.2, 0.25) is 0 Å². The Hall–Kier alpha value is -0.740. The van der Waals surface area contributed by atoms with Gasteiger partial charge in [0.1, 0.15) is 0 Å². The fourth-order valence-corrected chi connectivity index (χ4v) is 2.68. The number of hydrogen-bond donors (Lipinski definition) is 0. The van der Waals surface area contributed by atoms with E-state index >= 15 is 0 Å². The van der Waals surface area contributed by atoms with Crippen LogP contribution in [0.5, 0.6) is 0 Å². The summed E-state index contributed by atoms with van der Waals surface area (Å²) in [7, 11) is -0.897. The van der Waals surface area contributed by atoms with Gasteiger partial charge in [-0.3, -0.25) is 4.21 Å². The predicted octanol–water partition coefficient (Wildman–Crippen LogP) is 2.34. The highest BCUT2D eigenvalue weighted by atomic mass is 32.2. The molecule has 4 heteroatoms. The van der Waals surface area contributed by atoms with Gasteiger partial charge in [0.15, 0.2) is 0 Å². The van der Waals surface area contributed by atoms with Crippen molar-refractivity contribution < 1.29 is 4.21 Å². The van der Waals surface area contributed by atoms with Crippen molar-refractivity contribution in [2.24, 2.45) is 0 Å². The van der Waals surface area contributed by atoms with Gasteiger partial charge in [-0.05, 0) is 25.1 Å². The van der Waals surface area contributed by atoms with E-state index in [4.69, 9.17) is 0 Å². The van der Waals surface area contributed by atoms with Gasteiger partial charge >= 0.3 is 0 Å². The molecule has 1 heterocycles. The zero-order valence-electron chi connectivity index (χ0n) is 7.40. The number of aryl methyl sites for hydroxylation is 1. The van der Waals surface area contributed by atoms with E-state index in [0.717, 1.165) is 20.1 Å². The van der Waals surface area contributed by atoms with Crippen LogP contribution in [0.1, 0.15) is 5.01 Å². The minimum atomic E-state index is -0.897. The molecule has 13 heavy (non-hydrogen) atoms. The standard InChI is InChI=1S/C9H9NOS2/c1-6-10-8-4-3-7(13(2)11)5-9(8)12-6/h3-5H,1-2H3. The van der Waals surface area contributed by atoms with E-state index in [-0.39, 0.29) is 0 Å². The molecule has 1 atom stereocenters. The summed E-state index contributed by atoms with van der Waals surface area (Å²) >= 11 is 1.64. The number of rotatable bonds is 1. The van der Waals surface area contributed by atoms with Crippen LogP contribution < -0.4 is 0 Å². The predicted molar refractivity (Wildman–Crippen MR) is 56.7 cm³/mol. The molecular formula is C9H9NOS2. The second-order valence-electron chi connectivity index (χ2n) is 2.82. The van der Waals surface area contributed by atoms with E-state index < -0.39 is 10.8 Å². The van der Waals surface area contributed by atoms with Gasteiger partial charge < -0.3 is 0 Å². The van der Waals surface area contributed by atoms with Crippen molar-refractivity contribution in [3.8, 4) is 0 Å². The van der Waals surface area contributed by atoms with Crippen LogP contribution in [-0.2, 0) is 10.8 Å². The number of thiazole rings is 1. The highest BCUT2D eigenvalue weighted by molar-refractivity contribution is 7.84. The average Bonchev–Trinajstić information content (AvgIpc) is 2.42. The molecule has 0 aliphatic rings. The fraction of sp³-hybridized carbons (Fsp3) is 0.222. The Morgan fingerprint density at radius 3 is 2.92 bits per heavy atom. The largest absolute Gasteiger partial charge is 0.255 e. The minimum absolute atomic E-state index is 0.871. The molecule has 0 aliphatic heterocycles. The fourth-order valence-electron chi connectivity index (χ4n) is 1.20. The molecule has 0 radical (unpaired) electrons. The van der Waals surface area contributed by atoms with Gasteiger partial charge in [-0.25, -0.2) is 4.98 Å². The number of fused-ring (bicyclic) bond motifs is 1. The highest BCUT2D eigenvalue weighted by Crippen LogP contribution is 2.23. The Balaban J connectivity index is 2.67. The van der Waals surface area contributed by atoms with Crippen molar-refractivity contribution in [1.29, 1.82) is 0 Å². The number of nitrogens with zero attached hydrogens (tertiary/aromatic N) is 1. The molecule has 0 bridgehead atoms. The molecule has 1 aromatic heterocycles. The molecule has 0 aliphatic carbocycles. The molecule has 0 spiro atoms. The van der Waals surface area contributed by atoms with Gasteiger partial charge in [-0.15, -0.1) is 11.3 Å². The summed E-state index contributed by atoms with van der Waals surface area (Å²) in [6.07, 6.45) is 1.69. The third-order valence-corrected chi connectivity index (χ3v) is 3.65. The van der Waals surface area contributed by atoms with E-state index in [9.17, 15) is 4.21 Å². The lowest BCUT2D eigenvalue weighted by Gasteiger charge is -1.93. The summed E-state index contributed by atoms with van der Waals surface area (Å²) in [5.74, 6) is 0. The number of aromatic nitrogens is 1. The van der Waals surface area contributed by atoms with Gasteiger partial charge in [0.2, 0.25) is 0 Å². The molecule has 68 valence electrons. The highest BCUT2D eigenvalue weighted by Gasteiger charge is 2.03. The maximum Gasteiger partial charge on any atom is 0.0907 e. The number of hydrogen-bond acceptors (Lipinski definition) is 3. The first-order valence-corrected chi connectivity index (χ1v) is 6.25. The Labute approximate surface area is 83.1 Å². The maximum atomic E-state index is 11.2. The van der Waals surface area contributed by atoms with E-state index in [1.807, 2.05) is 25.1 Å². The smallest absolute Gasteiger partial charge is 0.0907 e. The normalized spacial score (nSPS) is 13.4. The summed E-state index contributed by atoms with van der Waals surface area (Å²) in [5.41, 5.74) is 0.997. The van der Waals surface area contributed by atoms with Crippen molar-refractivity contribution in [2.75, 3.05) is 6.26 Å². The zero-order valence-corrected chi connectivity index (χ0v) is 9.04. The minimum Gasteiger partial charge on any atom is -0.255 e. The quantitative estimate of drug-likeness (QED) is 0.724. The Bertz CT molecular complexity index is 475. The Morgan fingerprint density at radius 1 is 1.46 bits per heavy atom. The summed E-state index contributed by atoms with van der Waals surface area (Å²) in [6, 6.07) is 5.75. The molecule has 0 N–H and O–H groups in total. The lowest BCUT2D eigenvalue weighted by Crippen LogP contribution is -1.85. The number of benzene rings is 1. The van der Waals surface area contributed by atoms with Crippen molar-refractivity contribution >= 4 is 32.4 Å². The van der Waals surface area contributed by atoms with Crippen LogP contribution in [0.25, 0.3) is 10.2 Å². The molecule has 1 unspecified atom stereocenters. The monoisotopic (exact) mass is 211 g/mol. The summed E-state index contributed by atoms with van der Waals surface area (Å²) in [6.45, 7) is 1.98. The van der Waals surface area contributed by atoms with Crippen molar-refractivity contribution in [3.05, 3.63) is 23.2 Å². The van der Waals surface area contributed by atoms with E-state index in [2.05, 4.69) is 4.98 Å². The molecule has 0 saturated heterocycles. The molecule has 0 fully saturated rings. The van der Waals surface area contributed by atoms with Crippen LogP contribution >= 0.6 is 11.3 Å². The molecule has 2 nitrogen and oxygen atoms in total. The second kappa shape index (κ2) is 3.20. The van der Waals surface area contributed by atoms with E-state index in [1.54, 1.807) is 17.6 Å². The van der Waals surface area contributed by atoms with Gasteiger partial charge in [-0.1, -0.05) is 0 Å². The SMILES string of the molecule is Cc1nc2ccc(S(C)=O)cc2s1. The van der Waals surface area contributed by atoms with Gasteiger partial charge in [0.25, 0.3) is 0 Å². The van der Waals surface area contributed by atoms with Gasteiger partial charge in [0.05, 0.1) is 15.2 Å². The van der Waals surface area contributed by atoms with Crippen LogP contribution in [0.3, 0.4) is 0 Å². The molecule has 1 aromatic carbocycles. The lowest BCUT2D eigenvalue weighted by atomic mass is 10.3. The van der Waals surface area contributed by atoms with Gasteiger partial charge in [0, 0.05) is 22.0 Å². The zero-order chi connectivity index (χ0) is 9.42. The topological polar surface area (TPSA) is 30.0 Å². The first-order valence-electron chi connectivity index (χ1n) is 3.87. The van der Waals surface area contributed by atoms with Crippen LogP contribution in [0.15, 0.2) is 23.1 Å². The summed E-state index contributed by atoms with van der Waals surface area (Å²) in [5, 5.41) is 1.05. The van der Waals surface area contributed by atoms with Crippen LogP contribution in [0.4, 0.5) is 0 Å². The lowest BCUT2D eigenvalue weighted by molar-refractivity contribution is 0.687. The van der Waals surface area contributed by atoms with E-state index in [0.29, 0.717) is 0 Å². The van der Waals surface area contributed by atoms with E-state index in [1.165, 1.54) is 0 Å². The van der Waals surface area contributed by atoms with Crippen molar-refractivity contribution in [2.45, 2.75) is 11.8 Å². The van der Waals surface area contributed by atoms with Crippen molar-refractivity contribution in [1.82, 2.24) is 4.98 Å². The van der Waals surface area contributed by atoms with Gasteiger partial charge in [-0.2, -0.15) is 0 Å². The molecule has 2 rings (SSSR count). The molecule has 0 amide bonds. The molecular weight excluding hydrogens is 202 g/mol. The average molecular weight is 211 g/mol. The maximum absolute atomic E-state index is 11.2. The Morgan fingerprint density at radius 2 is 2.23 bits per heavy atom. The Kier molecular flexibility index (Phi) is 2.17. The first kappa shape index (κ1) is 8.84.